The topological polar surface area (TPSA) is 62.3 Å². The van der Waals surface area contributed by atoms with Gasteiger partial charge in [0, 0.05) is 36.7 Å². The number of fused-ring (bicyclic) bond motifs is 1. The maximum absolute atomic E-state index is 13.6. The highest BCUT2D eigenvalue weighted by Gasteiger charge is 2.34. The number of nitrogens with one attached hydrogen (secondary N) is 1. The van der Waals surface area contributed by atoms with E-state index in [0.29, 0.717) is 25.1 Å². The van der Waals surface area contributed by atoms with Crippen LogP contribution in [0.1, 0.15) is 15.9 Å². The van der Waals surface area contributed by atoms with Crippen molar-refractivity contribution in [2.24, 2.45) is 0 Å². The van der Waals surface area contributed by atoms with Crippen LogP contribution in [-0.2, 0) is 11.2 Å². The Bertz CT molecular complexity index is 1280. The highest BCUT2D eigenvalue weighted by Crippen LogP contribution is 2.24. The van der Waals surface area contributed by atoms with Gasteiger partial charge in [-0.05, 0) is 34.9 Å². The van der Waals surface area contributed by atoms with E-state index in [-0.39, 0.29) is 11.8 Å². The fourth-order valence-corrected chi connectivity index (χ4v) is 4.34. The van der Waals surface area contributed by atoms with Crippen LogP contribution in [0.25, 0.3) is 22.0 Å². The Balaban J connectivity index is 1.46. The smallest absolute Gasteiger partial charge is 0.255 e. The third-order valence-electron chi connectivity index (χ3n) is 5.93. The largest absolute Gasteiger partial charge is 0.353 e. The SMILES string of the molecule is O=C1NCCN(C(=O)c2cccc3ncccc23)[C@H]1Cc1cccc(-c2ccccc2)c1. The number of hydrogen-bond donors (Lipinski definition) is 1. The van der Waals surface area contributed by atoms with Crippen LogP contribution in [0.2, 0.25) is 0 Å². The van der Waals surface area contributed by atoms with Gasteiger partial charge in [0.15, 0.2) is 0 Å². The molecule has 5 nitrogen and oxygen atoms in total. The second-order valence-electron chi connectivity index (χ2n) is 7.95. The summed E-state index contributed by atoms with van der Waals surface area (Å²) in [7, 11) is 0. The Kier molecular flexibility index (Phi) is 5.38. The van der Waals surface area contributed by atoms with E-state index < -0.39 is 6.04 Å². The molecule has 1 N–H and O–H groups in total. The summed E-state index contributed by atoms with van der Waals surface area (Å²) >= 11 is 0. The van der Waals surface area contributed by atoms with E-state index in [1.165, 1.54) is 0 Å². The number of amides is 2. The molecule has 0 bridgehead atoms. The van der Waals surface area contributed by atoms with Gasteiger partial charge in [-0.25, -0.2) is 0 Å². The van der Waals surface area contributed by atoms with Gasteiger partial charge in [-0.1, -0.05) is 66.7 Å². The molecule has 4 aromatic rings. The van der Waals surface area contributed by atoms with Crippen LogP contribution >= 0.6 is 0 Å². The second-order valence-corrected chi connectivity index (χ2v) is 7.95. The van der Waals surface area contributed by atoms with E-state index in [1.54, 1.807) is 11.1 Å². The molecule has 1 fully saturated rings. The molecule has 1 saturated heterocycles. The van der Waals surface area contributed by atoms with E-state index in [4.69, 9.17) is 0 Å². The number of piperazine rings is 1. The third-order valence-corrected chi connectivity index (χ3v) is 5.93. The number of rotatable bonds is 4. The lowest BCUT2D eigenvalue weighted by molar-refractivity contribution is -0.127. The third kappa shape index (κ3) is 3.85. The number of nitrogens with zero attached hydrogens (tertiary/aromatic N) is 2. The van der Waals surface area contributed by atoms with Gasteiger partial charge >= 0.3 is 0 Å². The quantitative estimate of drug-likeness (QED) is 0.540. The van der Waals surface area contributed by atoms with Crippen molar-refractivity contribution >= 4 is 22.7 Å². The first-order valence-electron chi connectivity index (χ1n) is 10.8. The summed E-state index contributed by atoms with van der Waals surface area (Å²) in [6, 6.07) is 27.0. The molecule has 1 atom stereocenters. The van der Waals surface area contributed by atoms with Gasteiger partial charge < -0.3 is 10.2 Å². The zero-order valence-electron chi connectivity index (χ0n) is 17.6. The Morgan fingerprint density at radius 1 is 0.938 bits per heavy atom. The van der Waals surface area contributed by atoms with Crippen molar-refractivity contribution in [2.75, 3.05) is 13.1 Å². The molecule has 158 valence electrons. The molecule has 1 aromatic heterocycles. The number of hydrogen-bond acceptors (Lipinski definition) is 3. The molecule has 0 aliphatic carbocycles. The zero-order chi connectivity index (χ0) is 21.9. The normalized spacial score (nSPS) is 16.1. The molecule has 32 heavy (non-hydrogen) atoms. The highest BCUT2D eigenvalue weighted by molar-refractivity contribution is 6.07. The van der Waals surface area contributed by atoms with Crippen LogP contribution in [0, 0.1) is 0 Å². The Morgan fingerprint density at radius 3 is 2.62 bits per heavy atom. The fraction of sp³-hybridized carbons (Fsp3) is 0.148. The van der Waals surface area contributed by atoms with E-state index >= 15 is 0 Å². The van der Waals surface area contributed by atoms with Crippen LogP contribution in [0.15, 0.2) is 91.1 Å². The summed E-state index contributed by atoms with van der Waals surface area (Å²) in [6.45, 7) is 0.929. The van der Waals surface area contributed by atoms with Gasteiger partial charge in [-0.3, -0.25) is 14.6 Å². The van der Waals surface area contributed by atoms with E-state index in [9.17, 15) is 9.59 Å². The van der Waals surface area contributed by atoms with Crippen LogP contribution < -0.4 is 5.32 Å². The van der Waals surface area contributed by atoms with E-state index in [2.05, 4.69) is 34.6 Å². The molecule has 2 amide bonds. The van der Waals surface area contributed by atoms with Crippen molar-refractivity contribution in [3.05, 3.63) is 102 Å². The molecular weight excluding hydrogens is 398 g/mol. The zero-order valence-corrected chi connectivity index (χ0v) is 17.6. The Labute approximate surface area is 186 Å². The molecule has 5 heteroatoms. The van der Waals surface area contributed by atoms with Crippen LogP contribution in [-0.4, -0.2) is 40.8 Å². The standard InChI is InChI=1S/C27H23N3O2/c31-26-25(18-19-7-4-10-21(17-19)20-8-2-1-3-9-20)30(16-15-29-26)27(32)23-11-5-13-24-22(23)12-6-14-28-24/h1-14,17,25H,15-16,18H2,(H,29,31)/t25-/m0/s1. The summed E-state index contributed by atoms with van der Waals surface area (Å²) in [4.78, 5) is 32.5. The summed E-state index contributed by atoms with van der Waals surface area (Å²) in [5.74, 6) is -0.254. The van der Waals surface area contributed by atoms with Crippen LogP contribution in [0.4, 0.5) is 0 Å². The van der Waals surface area contributed by atoms with Crippen LogP contribution in [0.5, 0.6) is 0 Å². The molecular formula is C27H23N3O2. The van der Waals surface area contributed by atoms with Gasteiger partial charge in [0.1, 0.15) is 6.04 Å². The van der Waals surface area contributed by atoms with E-state index in [1.807, 2.05) is 60.7 Å². The summed E-state index contributed by atoms with van der Waals surface area (Å²) in [5.41, 5.74) is 4.59. The average molecular weight is 422 g/mol. The molecule has 0 radical (unpaired) electrons. The van der Waals surface area contributed by atoms with Gasteiger partial charge in [0.2, 0.25) is 5.91 Å². The molecule has 1 aliphatic rings. The maximum atomic E-state index is 13.6. The highest BCUT2D eigenvalue weighted by atomic mass is 16.2. The minimum atomic E-state index is -0.561. The number of carbonyl (C=O) groups is 2. The van der Waals surface area contributed by atoms with Crippen LogP contribution in [0.3, 0.4) is 0 Å². The Morgan fingerprint density at radius 2 is 1.75 bits per heavy atom. The summed E-state index contributed by atoms with van der Waals surface area (Å²) in [6.07, 6.45) is 2.18. The predicted octanol–water partition coefficient (Wildman–Crippen LogP) is 4.09. The molecule has 0 spiro atoms. The monoisotopic (exact) mass is 421 g/mol. The molecule has 1 aliphatic heterocycles. The second kappa shape index (κ2) is 8.63. The lowest BCUT2D eigenvalue weighted by Crippen LogP contribution is -2.58. The minimum Gasteiger partial charge on any atom is -0.353 e. The first kappa shape index (κ1) is 19.9. The summed E-state index contributed by atoms with van der Waals surface area (Å²) in [5, 5.41) is 3.73. The van der Waals surface area contributed by atoms with Crippen molar-refractivity contribution in [3.8, 4) is 11.1 Å². The van der Waals surface area contributed by atoms with Crippen molar-refractivity contribution < 1.29 is 9.59 Å². The van der Waals surface area contributed by atoms with Crippen molar-refractivity contribution in [3.63, 3.8) is 0 Å². The lowest BCUT2D eigenvalue weighted by Gasteiger charge is -2.35. The first-order valence-corrected chi connectivity index (χ1v) is 10.8. The number of aromatic nitrogens is 1. The minimum absolute atomic E-state index is 0.118. The number of carbonyl (C=O) groups excluding carboxylic acids is 2. The number of benzene rings is 3. The maximum Gasteiger partial charge on any atom is 0.255 e. The molecule has 5 rings (SSSR count). The summed E-state index contributed by atoms with van der Waals surface area (Å²) < 4.78 is 0. The first-order chi connectivity index (χ1) is 15.7. The van der Waals surface area contributed by atoms with Crippen molar-refractivity contribution in [1.82, 2.24) is 15.2 Å². The van der Waals surface area contributed by atoms with Gasteiger partial charge in [-0.2, -0.15) is 0 Å². The molecule has 0 saturated carbocycles. The van der Waals surface area contributed by atoms with Crippen molar-refractivity contribution in [1.29, 1.82) is 0 Å². The number of pyridine rings is 1. The average Bonchev–Trinajstić information content (AvgIpc) is 2.85. The molecule has 0 unspecified atom stereocenters. The molecule has 2 heterocycles. The lowest BCUT2D eigenvalue weighted by atomic mass is 9.97. The van der Waals surface area contributed by atoms with Gasteiger partial charge in [-0.15, -0.1) is 0 Å². The van der Waals surface area contributed by atoms with Crippen molar-refractivity contribution in [2.45, 2.75) is 12.5 Å². The molecule has 3 aromatic carbocycles. The van der Waals surface area contributed by atoms with Gasteiger partial charge in [0.05, 0.1) is 5.52 Å². The Hall–Kier alpha value is -3.99. The fourth-order valence-electron chi connectivity index (χ4n) is 4.34. The predicted molar refractivity (Wildman–Crippen MR) is 125 cm³/mol. The van der Waals surface area contributed by atoms with E-state index in [0.717, 1.165) is 27.6 Å². The van der Waals surface area contributed by atoms with Gasteiger partial charge in [0.25, 0.3) is 5.91 Å².